The van der Waals surface area contributed by atoms with Gasteiger partial charge in [0, 0.05) is 44.1 Å². The van der Waals surface area contributed by atoms with Crippen molar-refractivity contribution in [3.63, 3.8) is 0 Å². The van der Waals surface area contributed by atoms with Crippen LogP contribution in [0.5, 0.6) is 0 Å². The Balaban J connectivity index is 1.31. The number of amides is 1. The maximum atomic E-state index is 12.5. The second kappa shape index (κ2) is 7.35. The Bertz CT molecular complexity index is 715. The summed E-state index contributed by atoms with van der Waals surface area (Å²) < 4.78 is 5.69. The monoisotopic (exact) mass is 340 g/mol. The van der Waals surface area contributed by atoms with E-state index in [2.05, 4.69) is 15.1 Å². The summed E-state index contributed by atoms with van der Waals surface area (Å²) in [6.45, 7) is 3.92. The molecular formula is C19H24N4O2. The number of piperidine rings is 1. The minimum absolute atomic E-state index is 0.199. The smallest absolute Gasteiger partial charge is 0.247 e. The van der Waals surface area contributed by atoms with Crippen LogP contribution in [-0.4, -0.2) is 58.1 Å². The second-order valence-corrected chi connectivity index (χ2v) is 6.89. The molecule has 2 aliphatic heterocycles. The number of aromatic nitrogens is 2. The van der Waals surface area contributed by atoms with Crippen LogP contribution in [0, 0.1) is 0 Å². The Morgan fingerprint density at radius 1 is 1.12 bits per heavy atom. The first-order valence-corrected chi connectivity index (χ1v) is 9.19. The summed E-state index contributed by atoms with van der Waals surface area (Å²) in [5.74, 6) is 1.24. The number of piperazine rings is 1. The van der Waals surface area contributed by atoms with Crippen LogP contribution in [0.4, 0.5) is 0 Å². The third kappa shape index (κ3) is 3.74. The van der Waals surface area contributed by atoms with Crippen LogP contribution in [0.15, 0.2) is 34.7 Å². The van der Waals surface area contributed by atoms with E-state index in [1.54, 1.807) is 0 Å². The number of aryl methyl sites for hydroxylation is 1. The van der Waals surface area contributed by atoms with Gasteiger partial charge in [0.15, 0.2) is 0 Å². The molecule has 0 unspecified atom stereocenters. The standard InChI is InChI=1S/C19H24N4O2/c24-18(23-13-12-22-11-5-4-8-16(22)14-23)10-9-17-20-21-19(25-17)15-6-2-1-3-7-15/h1-3,6-7,16H,4-5,8-14H2/t16-/m0/s1. The lowest BCUT2D eigenvalue weighted by Gasteiger charge is -2.44. The minimum Gasteiger partial charge on any atom is -0.421 e. The first-order chi connectivity index (χ1) is 12.3. The van der Waals surface area contributed by atoms with Crippen molar-refractivity contribution in [1.29, 1.82) is 0 Å². The maximum absolute atomic E-state index is 12.5. The summed E-state index contributed by atoms with van der Waals surface area (Å²) in [5, 5.41) is 8.16. The highest BCUT2D eigenvalue weighted by Crippen LogP contribution is 2.22. The molecule has 0 spiro atoms. The van der Waals surface area contributed by atoms with E-state index in [0.717, 1.165) is 25.2 Å². The van der Waals surface area contributed by atoms with Gasteiger partial charge in [-0.3, -0.25) is 9.69 Å². The molecule has 0 N–H and O–H groups in total. The Morgan fingerprint density at radius 3 is 2.88 bits per heavy atom. The molecule has 1 aromatic heterocycles. The number of nitrogens with zero attached hydrogens (tertiary/aromatic N) is 4. The molecular weight excluding hydrogens is 316 g/mol. The van der Waals surface area contributed by atoms with Crippen LogP contribution in [0.3, 0.4) is 0 Å². The summed E-state index contributed by atoms with van der Waals surface area (Å²) >= 11 is 0. The summed E-state index contributed by atoms with van der Waals surface area (Å²) in [6.07, 6.45) is 4.74. The van der Waals surface area contributed by atoms with Gasteiger partial charge in [0.2, 0.25) is 17.7 Å². The van der Waals surface area contributed by atoms with E-state index in [0.29, 0.717) is 30.7 Å². The molecule has 1 aromatic carbocycles. The van der Waals surface area contributed by atoms with Gasteiger partial charge in [-0.05, 0) is 31.5 Å². The highest BCUT2D eigenvalue weighted by atomic mass is 16.4. The summed E-state index contributed by atoms with van der Waals surface area (Å²) in [6, 6.07) is 10.3. The van der Waals surface area contributed by atoms with Crippen LogP contribution in [0.2, 0.25) is 0 Å². The molecule has 2 aromatic rings. The molecule has 2 aliphatic rings. The Morgan fingerprint density at radius 2 is 2.00 bits per heavy atom. The predicted octanol–water partition coefficient (Wildman–Crippen LogP) is 2.37. The van der Waals surface area contributed by atoms with Crippen molar-refractivity contribution in [3.8, 4) is 11.5 Å². The molecule has 0 bridgehead atoms. The molecule has 0 saturated carbocycles. The van der Waals surface area contributed by atoms with Gasteiger partial charge in [0.05, 0.1) is 0 Å². The zero-order valence-corrected chi connectivity index (χ0v) is 14.4. The number of hydrogen-bond acceptors (Lipinski definition) is 5. The number of fused-ring (bicyclic) bond motifs is 1. The first-order valence-electron chi connectivity index (χ1n) is 9.19. The van der Waals surface area contributed by atoms with Gasteiger partial charge in [0.25, 0.3) is 0 Å². The molecule has 3 heterocycles. The van der Waals surface area contributed by atoms with Crippen molar-refractivity contribution in [2.75, 3.05) is 26.2 Å². The Labute approximate surface area is 147 Å². The average Bonchev–Trinajstić information content (AvgIpc) is 3.15. The van der Waals surface area contributed by atoms with Gasteiger partial charge in [-0.1, -0.05) is 24.6 Å². The zero-order valence-electron chi connectivity index (χ0n) is 14.4. The summed E-state index contributed by atoms with van der Waals surface area (Å²) in [5.41, 5.74) is 0.904. The van der Waals surface area contributed by atoms with Crippen molar-refractivity contribution in [3.05, 3.63) is 36.2 Å². The van der Waals surface area contributed by atoms with Gasteiger partial charge >= 0.3 is 0 Å². The fourth-order valence-corrected chi connectivity index (χ4v) is 3.81. The number of rotatable bonds is 4. The van der Waals surface area contributed by atoms with E-state index < -0.39 is 0 Å². The molecule has 2 fully saturated rings. The van der Waals surface area contributed by atoms with Gasteiger partial charge in [-0.25, -0.2) is 0 Å². The van der Waals surface area contributed by atoms with Crippen molar-refractivity contribution < 1.29 is 9.21 Å². The molecule has 132 valence electrons. The SMILES string of the molecule is O=C(CCc1nnc(-c2ccccc2)o1)N1CCN2CCCC[C@H]2C1. The number of carbonyl (C=O) groups is 1. The van der Waals surface area contributed by atoms with Crippen LogP contribution >= 0.6 is 0 Å². The van der Waals surface area contributed by atoms with Crippen LogP contribution in [0.1, 0.15) is 31.6 Å². The Hall–Kier alpha value is -2.21. The van der Waals surface area contributed by atoms with Crippen LogP contribution in [-0.2, 0) is 11.2 Å². The van der Waals surface area contributed by atoms with Gasteiger partial charge < -0.3 is 9.32 Å². The van der Waals surface area contributed by atoms with Gasteiger partial charge in [0.1, 0.15) is 0 Å². The third-order valence-corrected chi connectivity index (χ3v) is 5.23. The largest absolute Gasteiger partial charge is 0.421 e. The van der Waals surface area contributed by atoms with E-state index in [1.807, 2.05) is 35.2 Å². The topological polar surface area (TPSA) is 62.5 Å². The lowest BCUT2D eigenvalue weighted by Crippen LogP contribution is -2.56. The average molecular weight is 340 g/mol. The maximum Gasteiger partial charge on any atom is 0.247 e. The van der Waals surface area contributed by atoms with Gasteiger partial charge in [-0.2, -0.15) is 0 Å². The quantitative estimate of drug-likeness (QED) is 0.855. The van der Waals surface area contributed by atoms with Crippen LogP contribution < -0.4 is 0 Å². The fraction of sp³-hybridized carbons (Fsp3) is 0.526. The molecule has 4 rings (SSSR count). The normalized spacial score (nSPS) is 21.1. The van der Waals surface area contributed by atoms with Crippen molar-refractivity contribution in [2.24, 2.45) is 0 Å². The zero-order chi connectivity index (χ0) is 17.1. The molecule has 6 nitrogen and oxygen atoms in total. The molecule has 0 aliphatic carbocycles. The molecule has 25 heavy (non-hydrogen) atoms. The third-order valence-electron chi connectivity index (χ3n) is 5.23. The summed E-state index contributed by atoms with van der Waals surface area (Å²) in [7, 11) is 0. The minimum atomic E-state index is 0.199. The number of hydrogen-bond donors (Lipinski definition) is 0. The highest BCUT2D eigenvalue weighted by molar-refractivity contribution is 5.76. The van der Waals surface area contributed by atoms with Crippen LogP contribution in [0.25, 0.3) is 11.5 Å². The van der Waals surface area contributed by atoms with E-state index in [9.17, 15) is 4.79 Å². The molecule has 2 saturated heterocycles. The second-order valence-electron chi connectivity index (χ2n) is 6.89. The number of carbonyl (C=O) groups excluding carboxylic acids is 1. The van der Waals surface area contributed by atoms with Crippen molar-refractivity contribution >= 4 is 5.91 Å². The molecule has 1 atom stereocenters. The molecule has 6 heteroatoms. The first kappa shape index (κ1) is 16.3. The molecule has 1 amide bonds. The molecule has 0 radical (unpaired) electrons. The lowest BCUT2D eigenvalue weighted by molar-refractivity contribution is -0.134. The van der Waals surface area contributed by atoms with Gasteiger partial charge in [-0.15, -0.1) is 10.2 Å². The predicted molar refractivity (Wildman–Crippen MR) is 93.8 cm³/mol. The van der Waals surface area contributed by atoms with E-state index in [4.69, 9.17) is 4.42 Å². The van der Waals surface area contributed by atoms with Crippen molar-refractivity contribution in [2.45, 2.75) is 38.1 Å². The van der Waals surface area contributed by atoms with E-state index in [-0.39, 0.29) is 5.91 Å². The lowest BCUT2D eigenvalue weighted by atomic mass is 9.99. The summed E-state index contributed by atoms with van der Waals surface area (Å²) in [4.78, 5) is 17.1. The Kier molecular flexibility index (Phi) is 4.78. The van der Waals surface area contributed by atoms with E-state index >= 15 is 0 Å². The fourth-order valence-electron chi connectivity index (χ4n) is 3.81. The van der Waals surface area contributed by atoms with Crippen molar-refractivity contribution in [1.82, 2.24) is 20.0 Å². The highest BCUT2D eigenvalue weighted by Gasteiger charge is 2.30. The van der Waals surface area contributed by atoms with E-state index in [1.165, 1.54) is 25.8 Å². The number of benzene rings is 1.